The number of amides is 1. The van der Waals surface area contributed by atoms with Gasteiger partial charge in [0.15, 0.2) is 11.6 Å². The van der Waals surface area contributed by atoms with Crippen molar-refractivity contribution >= 4 is 11.6 Å². The molecule has 2 heterocycles. The summed E-state index contributed by atoms with van der Waals surface area (Å²) in [6, 6.07) is 17.6. The van der Waals surface area contributed by atoms with E-state index >= 15 is 0 Å². The predicted octanol–water partition coefficient (Wildman–Crippen LogP) is 5.11. The SMILES string of the molecule is COc1ccc(CC(=O)N2CC3(CCN(Cc4ccc(F)c(F)c4)CC3)c3cc(OC)ccc32)cc1. The molecule has 36 heavy (non-hydrogen) atoms. The molecule has 5 nitrogen and oxygen atoms in total. The zero-order chi connectivity index (χ0) is 25.3. The minimum atomic E-state index is -0.827. The molecule has 3 aromatic rings. The van der Waals surface area contributed by atoms with Crippen LogP contribution in [0.3, 0.4) is 0 Å². The Balaban J connectivity index is 1.34. The standard InChI is InChI=1S/C29H30F2N2O3/c1-35-22-6-3-20(4-7-22)16-28(34)33-19-29(24-17-23(36-2)8-10-27(24)33)11-13-32(14-12-29)18-21-5-9-25(30)26(31)15-21/h3-10,15,17H,11-14,16,18-19H2,1-2H3. The Morgan fingerprint density at radius 3 is 2.19 bits per heavy atom. The molecule has 1 spiro atoms. The monoisotopic (exact) mass is 492 g/mol. The van der Waals surface area contributed by atoms with Gasteiger partial charge in [0.2, 0.25) is 5.91 Å². The number of carbonyl (C=O) groups excluding carboxylic acids is 1. The predicted molar refractivity (Wildman–Crippen MR) is 135 cm³/mol. The Labute approximate surface area is 210 Å². The average molecular weight is 493 g/mol. The van der Waals surface area contributed by atoms with E-state index in [-0.39, 0.29) is 11.3 Å². The molecule has 3 aromatic carbocycles. The molecule has 0 unspecified atom stereocenters. The van der Waals surface area contributed by atoms with Gasteiger partial charge in [-0.05, 0) is 85.1 Å². The van der Waals surface area contributed by atoms with Crippen LogP contribution >= 0.6 is 0 Å². The Morgan fingerprint density at radius 2 is 1.53 bits per heavy atom. The van der Waals surface area contributed by atoms with Crippen molar-refractivity contribution in [2.24, 2.45) is 0 Å². The lowest BCUT2D eigenvalue weighted by Crippen LogP contribution is -2.46. The molecule has 1 saturated heterocycles. The van der Waals surface area contributed by atoms with Gasteiger partial charge in [-0.15, -0.1) is 0 Å². The highest BCUT2D eigenvalue weighted by atomic mass is 19.2. The van der Waals surface area contributed by atoms with Crippen LogP contribution < -0.4 is 14.4 Å². The molecular formula is C29H30F2N2O3. The number of ether oxygens (including phenoxy) is 2. The number of benzene rings is 3. The highest BCUT2D eigenvalue weighted by Crippen LogP contribution is 2.48. The molecule has 0 saturated carbocycles. The number of hydrogen-bond donors (Lipinski definition) is 0. The number of hydrogen-bond acceptors (Lipinski definition) is 4. The van der Waals surface area contributed by atoms with Gasteiger partial charge in [0.25, 0.3) is 0 Å². The summed E-state index contributed by atoms with van der Waals surface area (Å²) in [5.74, 6) is -0.0376. The van der Waals surface area contributed by atoms with Gasteiger partial charge in [-0.25, -0.2) is 8.78 Å². The molecule has 7 heteroatoms. The van der Waals surface area contributed by atoms with Crippen LogP contribution in [0.5, 0.6) is 11.5 Å². The molecule has 0 bridgehead atoms. The van der Waals surface area contributed by atoms with Crippen molar-refractivity contribution in [3.8, 4) is 11.5 Å². The number of likely N-dealkylation sites (tertiary alicyclic amines) is 1. The maximum atomic E-state index is 13.7. The second kappa shape index (κ2) is 9.90. The highest BCUT2D eigenvalue weighted by molar-refractivity contribution is 5.97. The van der Waals surface area contributed by atoms with E-state index in [0.717, 1.165) is 59.8 Å². The first-order chi connectivity index (χ1) is 17.4. The second-order valence-electron chi connectivity index (χ2n) is 9.69. The highest BCUT2D eigenvalue weighted by Gasteiger charge is 2.46. The third-order valence-corrected chi connectivity index (χ3v) is 7.55. The van der Waals surface area contributed by atoms with Crippen LogP contribution in [0.25, 0.3) is 0 Å². The summed E-state index contributed by atoms with van der Waals surface area (Å²) in [5, 5.41) is 0. The first-order valence-corrected chi connectivity index (χ1v) is 12.2. The lowest BCUT2D eigenvalue weighted by Gasteiger charge is -2.40. The van der Waals surface area contributed by atoms with E-state index in [4.69, 9.17) is 9.47 Å². The fourth-order valence-electron chi connectivity index (χ4n) is 5.47. The lowest BCUT2D eigenvalue weighted by molar-refractivity contribution is -0.118. The summed E-state index contributed by atoms with van der Waals surface area (Å²) in [5.41, 5.74) is 3.64. The third kappa shape index (κ3) is 4.67. The Bertz CT molecular complexity index is 1250. The number of fused-ring (bicyclic) bond motifs is 2. The molecular weight excluding hydrogens is 462 g/mol. The van der Waals surface area contributed by atoms with Gasteiger partial charge in [0.1, 0.15) is 11.5 Å². The van der Waals surface area contributed by atoms with Crippen molar-refractivity contribution in [1.29, 1.82) is 0 Å². The van der Waals surface area contributed by atoms with Gasteiger partial charge >= 0.3 is 0 Å². The maximum absolute atomic E-state index is 13.7. The quantitative estimate of drug-likeness (QED) is 0.480. The van der Waals surface area contributed by atoms with Gasteiger partial charge in [-0.2, -0.15) is 0 Å². The summed E-state index contributed by atoms with van der Waals surface area (Å²) < 4.78 is 37.7. The van der Waals surface area contributed by atoms with E-state index in [9.17, 15) is 13.6 Å². The molecule has 2 aliphatic rings. The van der Waals surface area contributed by atoms with Crippen molar-refractivity contribution in [3.05, 3.63) is 89.0 Å². The van der Waals surface area contributed by atoms with E-state index in [2.05, 4.69) is 11.0 Å². The molecule has 0 aromatic heterocycles. The molecule has 0 radical (unpaired) electrons. The normalized spacial score (nSPS) is 16.7. The zero-order valence-electron chi connectivity index (χ0n) is 20.6. The molecule has 0 aliphatic carbocycles. The van der Waals surface area contributed by atoms with E-state index in [0.29, 0.717) is 19.5 Å². The van der Waals surface area contributed by atoms with Crippen LogP contribution in [0, 0.1) is 11.6 Å². The topological polar surface area (TPSA) is 42.0 Å². The van der Waals surface area contributed by atoms with Crippen LogP contribution in [0.4, 0.5) is 14.5 Å². The van der Waals surface area contributed by atoms with Gasteiger partial charge < -0.3 is 14.4 Å². The van der Waals surface area contributed by atoms with Crippen molar-refractivity contribution in [2.75, 3.05) is 38.8 Å². The van der Waals surface area contributed by atoms with Gasteiger partial charge in [0.05, 0.1) is 20.6 Å². The fourth-order valence-corrected chi connectivity index (χ4v) is 5.47. The van der Waals surface area contributed by atoms with Crippen LogP contribution in [0.2, 0.25) is 0 Å². The molecule has 1 fully saturated rings. The van der Waals surface area contributed by atoms with Crippen LogP contribution in [-0.4, -0.2) is 44.7 Å². The van der Waals surface area contributed by atoms with E-state index in [1.807, 2.05) is 41.3 Å². The number of methoxy groups -OCH3 is 2. The molecule has 188 valence electrons. The number of piperidine rings is 1. The van der Waals surface area contributed by atoms with Crippen molar-refractivity contribution < 1.29 is 23.0 Å². The molecule has 0 atom stereocenters. The lowest BCUT2D eigenvalue weighted by atomic mass is 9.74. The number of carbonyl (C=O) groups is 1. The minimum Gasteiger partial charge on any atom is -0.497 e. The van der Waals surface area contributed by atoms with E-state index in [1.165, 1.54) is 12.1 Å². The number of halogens is 2. The number of rotatable bonds is 6. The smallest absolute Gasteiger partial charge is 0.231 e. The first kappa shape index (κ1) is 24.3. The minimum absolute atomic E-state index is 0.0627. The summed E-state index contributed by atoms with van der Waals surface area (Å²) in [6.07, 6.45) is 2.04. The van der Waals surface area contributed by atoms with Gasteiger partial charge in [0, 0.05) is 24.2 Å². The number of nitrogens with zero attached hydrogens (tertiary/aromatic N) is 2. The Kier molecular flexibility index (Phi) is 6.67. The van der Waals surface area contributed by atoms with Crippen molar-refractivity contribution in [1.82, 2.24) is 4.90 Å². The van der Waals surface area contributed by atoms with E-state index in [1.54, 1.807) is 20.3 Å². The van der Waals surface area contributed by atoms with Crippen LogP contribution in [0.15, 0.2) is 60.7 Å². The molecule has 2 aliphatic heterocycles. The zero-order valence-corrected chi connectivity index (χ0v) is 20.6. The first-order valence-electron chi connectivity index (χ1n) is 12.2. The fraction of sp³-hybridized carbons (Fsp3) is 0.345. The van der Waals surface area contributed by atoms with Crippen molar-refractivity contribution in [2.45, 2.75) is 31.2 Å². The van der Waals surface area contributed by atoms with Gasteiger partial charge in [-0.3, -0.25) is 9.69 Å². The Hall–Kier alpha value is -3.45. The average Bonchev–Trinajstić information content (AvgIpc) is 3.21. The summed E-state index contributed by atoms with van der Waals surface area (Å²) in [6.45, 7) is 2.80. The van der Waals surface area contributed by atoms with Crippen LogP contribution in [0.1, 0.15) is 29.5 Å². The number of anilines is 1. The summed E-state index contributed by atoms with van der Waals surface area (Å²) in [7, 11) is 3.28. The van der Waals surface area contributed by atoms with E-state index < -0.39 is 11.6 Å². The van der Waals surface area contributed by atoms with Gasteiger partial charge in [-0.1, -0.05) is 18.2 Å². The van der Waals surface area contributed by atoms with Crippen LogP contribution in [-0.2, 0) is 23.2 Å². The van der Waals surface area contributed by atoms with Crippen molar-refractivity contribution in [3.63, 3.8) is 0 Å². The Morgan fingerprint density at radius 1 is 0.861 bits per heavy atom. The second-order valence-corrected chi connectivity index (χ2v) is 9.69. The molecule has 0 N–H and O–H groups in total. The third-order valence-electron chi connectivity index (χ3n) is 7.55. The molecule has 5 rings (SSSR count). The summed E-state index contributed by atoms with van der Waals surface area (Å²) in [4.78, 5) is 17.6. The summed E-state index contributed by atoms with van der Waals surface area (Å²) >= 11 is 0. The maximum Gasteiger partial charge on any atom is 0.231 e. The largest absolute Gasteiger partial charge is 0.497 e. The molecule has 1 amide bonds.